The van der Waals surface area contributed by atoms with Crippen molar-refractivity contribution < 1.29 is 4.52 Å². The minimum atomic E-state index is 0.447. The van der Waals surface area contributed by atoms with Crippen LogP contribution in [0.4, 0.5) is 0 Å². The second kappa shape index (κ2) is 5.00. The van der Waals surface area contributed by atoms with Gasteiger partial charge in [0.1, 0.15) is 0 Å². The first-order valence-electron chi connectivity index (χ1n) is 6.37. The molecule has 1 saturated heterocycles. The van der Waals surface area contributed by atoms with Gasteiger partial charge in [0.15, 0.2) is 5.76 Å². The Hall–Kier alpha value is -0.830. The maximum atomic E-state index is 5.38. The Morgan fingerprint density at radius 1 is 1.50 bits per heavy atom. The van der Waals surface area contributed by atoms with Crippen molar-refractivity contribution >= 4 is 0 Å². The third-order valence-corrected chi connectivity index (χ3v) is 3.71. The van der Waals surface area contributed by atoms with Gasteiger partial charge in [-0.3, -0.25) is 4.90 Å². The summed E-state index contributed by atoms with van der Waals surface area (Å²) in [4.78, 5) is 2.47. The van der Waals surface area contributed by atoms with Gasteiger partial charge in [-0.25, -0.2) is 0 Å². The van der Waals surface area contributed by atoms with E-state index in [4.69, 9.17) is 4.52 Å². The molecule has 0 bridgehead atoms. The Morgan fingerprint density at radius 2 is 2.31 bits per heavy atom. The van der Waals surface area contributed by atoms with E-state index in [1.54, 1.807) is 0 Å². The molecule has 0 saturated carbocycles. The number of hydrogen-bond donors (Lipinski definition) is 0. The molecule has 1 fully saturated rings. The first-order chi connectivity index (χ1) is 7.72. The van der Waals surface area contributed by atoms with E-state index in [2.05, 4.69) is 30.1 Å². The van der Waals surface area contributed by atoms with Crippen molar-refractivity contribution in [2.75, 3.05) is 7.05 Å². The maximum absolute atomic E-state index is 5.38. The van der Waals surface area contributed by atoms with Crippen molar-refractivity contribution in [3.05, 3.63) is 17.5 Å². The number of aryl methyl sites for hydroxylation is 1. The van der Waals surface area contributed by atoms with Gasteiger partial charge in [0.05, 0.1) is 11.7 Å². The molecule has 90 valence electrons. The molecule has 0 radical (unpaired) electrons. The summed E-state index contributed by atoms with van der Waals surface area (Å²) in [6, 6.07) is 3.25. The third-order valence-electron chi connectivity index (χ3n) is 3.71. The van der Waals surface area contributed by atoms with Crippen molar-refractivity contribution in [3.63, 3.8) is 0 Å². The molecular weight excluding hydrogens is 200 g/mol. The first kappa shape index (κ1) is 11.6. The monoisotopic (exact) mass is 222 g/mol. The van der Waals surface area contributed by atoms with Gasteiger partial charge in [-0.15, -0.1) is 0 Å². The molecule has 0 spiro atoms. The second-order valence-electron chi connectivity index (χ2n) is 4.93. The zero-order valence-corrected chi connectivity index (χ0v) is 10.6. The van der Waals surface area contributed by atoms with Crippen molar-refractivity contribution in [1.82, 2.24) is 10.1 Å². The van der Waals surface area contributed by atoms with E-state index in [1.807, 2.05) is 6.92 Å². The second-order valence-corrected chi connectivity index (χ2v) is 4.93. The number of likely N-dealkylation sites (tertiary alicyclic amines) is 1. The van der Waals surface area contributed by atoms with E-state index in [-0.39, 0.29) is 0 Å². The molecule has 1 aromatic rings. The minimum Gasteiger partial charge on any atom is -0.359 e. The predicted octanol–water partition coefficient (Wildman–Crippen LogP) is 3.31. The highest BCUT2D eigenvalue weighted by atomic mass is 16.5. The van der Waals surface area contributed by atoms with E-state index in [0.717, 1.165) is 17.5 Å². The smallest absolute Gasteiger partial charge is 0.154 e. The van der Waals surface area contributed by atoms with Gasteiger partial charge < -0.3 is 4.52 Å². The molecule has 0 amide bonds. The highest BCUT2D eigenvalue weighted by Crippen LogP contribution is 2.36. The van der Waals surface area contributed by atoms with Gasteiger partial charge >= 0.3 is 0 Å². The maximum Gasteiger partial charge on any atom is 0.154 e. The molecule has 2 rings (SSSR count). The van der Waals surface area contributed by atoms with Gasteiger partial charge in [0.2, 0.25) is 0 Å². The molecule has 16 heavy (non-hydrogen) atoms. The van der Waals surface area contributed by atoms with Gasteiger partial charge in [0, 0.05) is 12.1 Å². The fourth-order valence-corrected chi connectivity index (χ4v) is 2.68. The quantitative estimate of drug-likeness (QED) is 0.782. The van der Waals surface area contributed by atoms with Crippen LogP contribution in [-0.4, -0.2) is 23.1 Å². The summed E-state index contributed by atoms with van der Waals surface area (Å²) in [7, 11) is 2.22. The summed E-state index contributed by atoms with van der Waals surface area (Å²) >= 11 is 0. The molecular formula is C13H22N2O. The Kier molecular flexibility index (Phi) is 3.64. The molecule has 2 heterocycles. The first-order valence-corrected chi connectivity index (χ1v) is 6.37. The van der Waals surface area contributed by atoms with Crippen LogP contribution in [-0.2, 0) is 0 Å². The van der Waals surface area contributed by atoms with E-state index < -0.39 is 0 Å². The van der Waals surface area contributed by atoms with Gasteiger partial charge in [-0.05, 0) is 33.2 Å². The Morgan fingerprint density at radius 3 is 2.94 bits per heavy atom. The normalized spacial score (nSPS) is 26.4. The molecule has 2 atom stereocenters. The van der Waals surface area contributed by atoms with Gasteiger partial charge in [-0.2, -0.15) is 0 Å². The third kappa shape index (κ3) is 2.29. The van der Waals surface area contributed by atoms with Crippen LogP contribution in [0.2, 0.25) is 0 Å². The number of nitrogens with zero attached hydrogens (tertiary/aromatic N) is 2. The Balaban J connectivity index is 1.98. The SMILES string of the molecule is CCCC[C@@H]1CC[C@@H](c2cc(C)no2)N1C. The topological polar surface area (TPSA) is 29.3 Å². The average Bonchev–Trinajstić information content (AvgIpc) is 2.83. The van der Waals surface area contributed by atoms with E-state index >= 15 is 0 Å². The van der Waals surface area contributed by atoms with Crippen LogP contribution < -0.4 is 0 Å². The Labute approximate surface area is 97.8 Å². The lowest BCUT2D eigenvalue weighted by atomic mass is 10.1. The van der Waals surface area contributed by atoms with Crippen molar-refractivity contribution in [1.29, 1.82) is 0 Å². The Bertz CT molecular complexity index is 334. The highest BCUT2D eigenvalue weighted by Gasteiger charge is 2.33. The van der Waals surface area contributed by atoms with Crippen LogP contribution in [0, 0.1) is 6.92 Å². The summed E-state index contributed by atoms with van der Waals surface area (Å²) in [5.74, 6) is 1.04. The minimum absolute atomic E-state index is 0.447. The van der Waals surface area contributed by atoms with Crippen molar-refractivity contribution in [3.8, 4) is 0 Å². The van der Waals surface area contributed by atoms with Gasteiger partial charge in [-0.1, -0.05) is 24.9 Å². The standard InChI is InChI=1S/C13H22N2O/c1-4-5-6-11-7-8-12(15(11)3)13-9-10(2)14-16-13/h9,11-12H,4-8H2,1-3H3/t11-,12+/m1/s1. The lowest BCUT2D eigenvalue weighted by Gasteiger charge is -2.23. The number of hydrogen-bond acceptors (Lipinski definition) is 3. The fraction of sp³-hybridized carbons (Fsp3) is 0.769. The predicted molar refractivity (Wildman–Crippen MR) is 64.3 cm³/mol. The largest absolute Gasteiger partial charge is 0.359 e. The summed E-state index contributed by atoms with van der Waals surface area (Å²) in [5.41, 5.74) is 0.986. The number of rotatable bonds is 4. The number of aromatic nitrogens is 1. The molecule has 1 aromatic heterocycles. The molecule has 0 aromatic carbocycles. The van der Waals surface area contributed by atoms with Crippen LogP contribution in [0.5, 0.6) is 0 Å². The van der Waals surface area contributed by atoms with Crippen LogP contribution in [0.1, 0.15) is 56.5 Å². The molecule has 3 heteroatoms. The van der Waals surface area contributed by atoms with Gasteiger partial charge in [0.25, 0.3) is 0 Å². The summed E-state index contributed by atoms with van der Waals surface area (Å²) in [6.07, 6.45) is 6.44. The lowest BCUT2D eigenvalue weighted by Crippen LogP contribution is -2.27. The summed E-state index contributed by atoms with van der Waals surface area (Å²) < 4.78 is 5.38. The van der Waals surface area contributed by atoms with Crippen molar-refractivity contribution in [2.45, 2.75) is 58.0 Å². The molecule has 0 unspecified atom stereocenters. The van der Waals surface area contributed by atoms with Crippen LogP contribution in [0.15, 0.2) is 10.6 Å². The summed E-state index contributed by atoms with van der Waals surface area (Å²) in [5, 5.41) is 3.98. The van der Waals surface area contributed by atoms with Crippen molar-refractivity contribution in [2.24, 2.45) is 0 Å². The molecule has 1 aliphatic heterocycles. The molecule has 0 N–H and O–H groups in total. The van der Waals surface area contributed by atoms with E-state index in [9.17, 15) is 0 Å². The van der Waals surface area contributed by atoms with E-state index in [1.165, 1.54) is 32.1 Å². The molecule has 1 aliphatic rings. The number of unbranched alkanes of at least 4 members (excludes halogenated alkanes) is 1. The fourth-order valence-electron chi connectivity index (χ4n) is 2.68. The van der Waals surface area contributed by atoms with Crippen LogP contribution >= 0.6 is 0 Å². The zero-order chi connectivity index (χ0) is 11.5. The average molecular weight is 222 g/mol. The molecule has 3 nitrogen and oxygen atoms in total. The van der Waals surface area contributed by atoms with Crippen LogP contribution in [0.25, 0.3) is 0 Å². The summed E-state index contributed by atoms with van der Waals surface area (Å²) in [6.45, 7) is 4.24. The van der Waals surface area contributed by atoms with E-state index in [0.29, 0.717) is 6.04 Å². The van der Waals surface area contributed by atoms with Crippen LogP contribution in [0.3, 0.4) is 0 Å². The zero-order valence-electron chi connectivity index (χ0n) is 10.6. The molecule has 0 aliphatic carbocycles. The lowest BCUT2D eigenvalue weighted by molar-refractivity contribution is 0.197. The highest BCUT2D eigenvalue weighted by molar-refractivity contribution is 5.10.